The van der Waals surface area contributed by atoms with Crippen molar-refractivity contribution in [2.24, 2.45) is 0 Å². The fourth-order valence-electron chi connectivity index (χ4n) is 0.914. The van der Waals surface area contributed by atoms with E-state index in [1.165, 1.54) is 13.2 Å². The molecule has 15 heavy (non-hydrogen) atoms. The quantitative estimate of drug-likeness (QED) is 0.631. The smallest absolute Gasteiger partial charge is 0.335 e. The molecule has 0 saturated heterocycles. The van der Waals surface area contributed by atoms with Gasteiger partial charge < -0.3 is 9.47 Å². The number of rotatable bonds is 4. The average molecular weight is 299 g/mol. The first-order valence-electron chi connectivity index (χ1n) is 3.81. The molecule has 0 unspecified atom stereocenters. The Balaban J connectivity index is 3.15. The van der Waals surface area contributed by atoms with E-state index in [1.54, 1.807) is 6.07 Å². The predicted molar refractivity (Wildman–Crippen MR) is 54.9 cm³/mol. The topological polar surface area (TPSA) is 52.6 Å². The van der Waals surface area contributed by atoms with Gasteiger partial charge in [-0.2, -0.15) is 8.42 Å². The predicted octanol–water partition coefficient (Wildman–Crippen LogP) is 2.09. The van der Waals surface area contributed by atoms with Crippen LogP contribution in [-0.2, 0) is 15.0 Å². The highest BCUT2D eigenvalue weighted by atomic mass is 79.9. The average Bonchev–Trinajstić information content (AvgIpc) is 2.14. The minimum absolute atomic E-state index is 0.0810. The molecule has 0 aliphatic rings. The first-order chi connectivity index (χ1) is 6.95. The molecular weight excluding hydrogens is 291 g/mol. The van der Waals surface area contributed by atoms with E-state index >= 15 is 0 Å². The molecule has 0 aromatic heterocycles. The minimum atomic E-state index is -4.80. The summed E-state index contributed by atoms with van der Waals surface area (Å²) in [6.07, 6.45) is 0. The Kier molecular flexibility index (Phi) is 4.06. The zero-order chi connectivity index (χ0) is 11.5. The van der Waals surface area contributed by atoms with Gasteiger partial charge in [-0.1, -0.05) is 15.9 Å². The molecular formula is C8H8BrFO4S. The standard InChI is InChI=1S/C8H8BrFO4S/c1-13-5-14-7-3-2-6(9)4-8(7)15(10,11)12/h2-4H,5H2,1H3. The molecule has 0 N–H and O–H groups in total. The van der Waals surface area contributed by atoms with E-state index in [2.05, 4.69) is 20.7 Å². The van der Waals surface area contributed by atoms with Gasteiger partial charge in [0, 0.05) is 11.6 Å². The first kappa shape index (κ1) is 12.4. The van der Waals surface area contributed by atoms with Gasteiger partial charge in [0.1, 0.15) is 10.6 Å². The van der Waals surface area contributed by atoms with Crippen LogP contribution in [0.25, 0.3) is 0 Å². The number of ether oxygens (including phenoxy) is 2. The Morgan fingerprint density at radius 3 is 2.67 bits per heavy atom. The summed E-state index contributed by atoms with van der Waals surface area (Å²) in [6, 6.07) is 4.01. The first-order valence-corrected chi connectivity index (χ1v) is 5.99. The lowest BCUT2D eigenvalue weighted by atomic mass is 10.3. The van der Waals surface area contributed by atoms with Gasteiger partial charge in [-0.3, -0.25) is 0 Å². The van der Waals surface area contributed by atoms with E-state index in [-0.39, 0.29) is 12.5 Å². The monoisotopic (exact) mass is 298 g/mol. The van der Waals surface area contributed by atoms with Crippen molar-refractivity contribution in [2.45, 2.75) is 4.90 Å². The van der Waals surface area contributed by atoms with Gasteiger partial charge in [-0.15, -0.1) is 3.89 Å². The van der Waals surface area contributed by atoms with Crippen molar-refractivity contribution in [1.82, 2.24) is 0 Å². The molecule has 7 heteroatoms. The highest BCUT2D eigenvalue weighted by Crippen LogP contribution is 2.28. The molecule has 84 valence electrons. The van der Waals surface area contributed by atoms with Crippen LogP contribution in [0.4, 0.5) is 3.89 Å². The van der Waals surface area contributed by atoms with E-state index in [9.17, 15) is 12.3 Å². The molecule has 0 aliphatic heterocycles. The van der Waals surface area contributed by atoms with Gasteiger partial charge in [0.15, 0.2) is 6.79 Å². The van der Waals surface area contributed by atoms with Crippen LogP contribution >= 0.6 is 15.9 Å². The summed E-state index contributed by atoms with van der Waals surface area (Å²) in [7, 11) is -3.42. The fourth-order valence-corrected chi connectivity index (χ4v) is 2.06. The van der Waals surface area contributed by atoms with Gasteiger partial charge in [0.2, 0.25) is 0 Å². The van der Waals surface area contributed by atoms with Crippen LogP contribution in [0, 0.1) is 0 Å². The number of halogens is 2. The maximum atomic E-state index is 12.8. The van der Waals surface area contributed by atoms with Crippen molar-refractivity contribution in [2.75, 3.05) is 13.9 Å². The summed E-state index contributed by atoms with van der Waals surface area (Å²) < 4.78 is 44.3. The van der Waals surface area contributed by atoms with Gasteiger partial charge in [0.25, 0.3) is 0 Å². The van der Waals surface area contributed by atoms with Crippen LogP contribution in [0.3, 0.4) is 0 Å². The molecule has 0 fully saturated rings. The summed E-state index contributed by atoms with van der Waals surface area (Å²) in [5.41, 5.74) is 0. The highest BCUT2D eigenvalue weighted by Gasteiger charge is 2.18. The molecule has 0 atom stereocenters. The second-order valence-corrected chi connectivity index (χ2v) is 4.81. The summed E-state index contributed by atoms with van der Waals surface area (Å²) in [5, 5.41) is 0. The molecule has 0 saturated carbocycles. The van der Waals surface area contributed by atoms with Crippen molar-refractivity contribution in [3.05, 3.63) is 22.7 Å². The zero-order valence-electron chi connectivity index (χ0n) is 7.74. The second kappa shape index (κ2) is 4.91. The van der Waals surface area contributed by atoms with Gasteiger partial charge in [-0.25, -0.2) is 0 Å². The lowest BCUT2D eigenvalue weighted by Crippen LogP contribution is -2.03. The number of hydrogen-bond donors (Lipinski definition) is 0. The maximum absolute atomic E-state index is 12.8. The van der Waals surface area contributed by atoms with Gasteiger partial charge in [0.05, 0.1) is 0 Å². The Morgan fingerprint density at radius 2 is 2.13 bits per heavy atom. The molecule has 1 aromatic carbocycles. The van der Waals surface area contributed by atoms with Crippen LogP contribution < -0.4 is 4.74 Å². The summed E-state index contributed by atoms with van der Waals surface area (Å²) in [6.45, 7) is -0.149. The summed E-state index contributed by atoms with van der Waals surface area (Å²) in [5.74, 6) is -0.0810. The van der Waals surface area contributed by atoms with E-state index in [0.717, 1.165) is 6.07 Å². The van der Waals surface area contributed by atoms with Crippen molar-refractivity contribution >= 4 is 26.2 Å². The lowest BCUT2D eigenvalue weighted by Gasteiger charge is -2.07. The highest BCUT2D eigenvalue weighted by molar-refractivity contribution is 9.10. The normalized spacial score (nSPS) is 11.4. The molecule has 0 spiro atoms. The van der Waals surface area contributed by atoms with E-state index < -0.39 is 15.1 Å². The van der Waals surface area contributed by atoms with Gasteiger partial charge >= 0.3 is 10.2 Å². The van der Waals surface area contributed by atoms with Crippen LogP contribution in [0.1, 0.15) is 0 Å². The second-order valence-electron chi connectivity index (χ2n) is 2.58. The van der Waals surface area contributed by atoms with E-state index in [0.29, 0.717) is 4.47 Å². The van der Waals surface area contributed by atoms with E-state index in [4.69, 9.17) is 4.74 Å². The third-order valence-corrected chi connectivity index (χ3v) is 2.84. The largest absolute Gasteiger partial charge is 0.466 e. The SMILES string of the molecule is COCOc1ccc(Br)cc1S(=O)(=O)F. The Bertz CT molecular complexity index is 446. The third kappa shape index (κ3) is 3.44. The Hall–Kier alpha value is -0.660. The fraction of sp³-hybridized carbons (Fsp3) is 0.250. The van der Waals surface area contributed by atoms with Crippen molar-refractivity contribution in [3.63, 3.8) is 0 Å². The minimum Gasteiger partial charge on any atom is -0.466 e. The summed E-state index contributed by atoms with van der Waals surface area (Å²) in [4.78, 5) is -0.520. The van der Waals surface area contributed by atoms with Crippen LogP contribution in [-0.4, -0.2) is 22.3 Å². The number of benzene rings is 1. The molecule has 0 aliphatic carbocycles. The molecule has 0 amide bonds. The van der Waals surface area contributed by atoms with Crippen LogP contribution in [0.2, 0.25) is 0 Å². The Labute approximate surface area is 95.3 Å². The van der Waals surface area contributed by atoms with Crippen molar-refractivity contribution in [1.29, 1.82) is 0 Å². The van der Waals surface area contributed by atoms with Crippen LogP contribution in [0.5, 0.6) is 5.75 Å². The van der Waals surface area contributed by atoms with Crippen molar-refractivity contribution < 1.29 is 21.8 Å². The third-order valence-electron chi connectivity index (χ3n) is 1.50. The molecule has 4 nitrogen and oxygen atoms in total. The maximum Gasteiger partial charge on any atom is 0.335 e. The number of hydrogen-bond acceptors (Lipinski definition) is 4. The van der Waals surface area contributed by atoms with E-state index in [1.807, 2.05) is 0 Å². The van der Waals surface area contributed by atoms with Crippen LogP contribution in [0.15, 0.2) is 27.6 Å². The molecule has 0 bridgehead atoms. The Morgan fingerprint density at radius 1 is 1.47 bits per heavy atom. The molecule has 1 rings (SSSR count). The molecule has 1 aromatic rings. The zero-order valence-corrected chi connectivity index (χ0v) is 10.1. The lowest BCUT2D eigenvalue weighted by molar-refractivity contribution is 0.0489. The molecule has 0 radical (unpaired) electrons. The number of methoxy groups -OCH3 is 1. The van der Waals surface area contributed by atoms with Crippen molar-refractivity contribution in [3.8, 4) is 5.75 Å². The summed E-state index contributed by atoms with van der Waals surface area (Å²) >= 11 is 3.04. The van der Waals surface area contributed by atoms with Gasteiger partial charge in [-0.05, 0) is 18.2 Å². The molecule has 0 heterocycles.